The lowest BCUT2D eigenvalue weighted by Crippen LogP contribution is -1.93. The molecular formula is C10H24O4. The van der Waals surface area contributed by atoms with Crippen molar-refractivity contribution in [2.75, 3.05) is 0 Å². The van der Waals surface area contributed by atoms with Gasteiger partial charge in [0.1, 0.15) is 0 Å². The molecule has 0 aromatic heterocycles. The SMILES string of the molecule is CC(=O)O.CCC(C)O.CCC(C)O. The molecule has 4 nitrogen and oxygen atoms in total. The molecule has 0 amide bonds. The molecule has 0 saturated heterocycles. The third-order valence-corrected chi connectivity index (χ3v) is 1.18. The summed E-state index contributed by atoms with van der Waals surface area (Å²) in [5.41, 5.74) is 0. The first-order valence-corrected chi connectivity index (χ1v) is 4.83. The highest BCUT2D eigenvalue weighted by Crippen LogP contribution is 1.82. The minimum absolute atomic E-state index is 0.116. The number of aliphatic hydroxyl groups excluding tert-OH is 2. The third-order valence-electron chi connectivity index (χ3n) is 1.18. The van der Waals surface area contributed by atoms with Gasteiger partial charge in [0.25, 0.3) is 5.97 Å². The molecule has 0 aromatic rings. The lowest BCUT2D eigenvalue weighted by atomic mass is 10.3. The molecule has 4 heteroatoms. The van der Waals surface area contributed by atoms with E-state index in [2.05, 4.69) is 0 Å². The van der Waals surface area contributed by atoms with Crippen LogP contribution in [0.3, 0.4) is 0 Å². The van der Waals surface area contributed by atoms with Crippen molar-refractivity contribution in [3.8, 4) is 0 Å². The molecule has 0 rings (SSSR count). The summed E-state index contributed by atoms with van der Waals surface area (Å²) in [6.07, 6.45) is 1.49. The van der Waals surface area contributed by atoms with Crippen molar-refractivity contribution in [1.29, 1.82) is 0 Å². The molecule has 3 N–H and O–H groups in total. The first-order chi connectivity index (χ1) is 6.27. The lowest BCUT2D eigenvalue weighted by Gasteiger charge is -1.90. The number of hydrogen-bond acceptors (Lipinski definition) is 3. The first kappa shape index (κ1) is 19.0. The Kier molecular flexibility index (Phi) is 20.3. The fraction of sp³-hybridized carbons (Fsp3) is 0.900. The van der Waals surface area contributed by atoms with Gasteiger partial charge in [-0.25, -0.2) is 0 Å². The monoisotopic (exact) mass is 208 g/mol. The average Bonchev–Trinajstić information content (AvgIpc) is 2.04. The van der Waals surface area contributed by atoms with Gasteiger partial charge in [0.15, 0.2) is 0 Å². The summed E-state index contributed by atoms with van der Waals surface area (Å²) < 4.78 is 0. The van der Waals surface area contributed by atoms with Crippen LogP contribution in [0.15, 0.2) is 0 Å². The van der Waals surface area contributed by atoms with E-state index in [-0.39, 0.29) is 12.2 Å². The van der Waals surface area contributed by atoms with Crippen molar-refractivity contribution in [3.05, 3.63) is 0 Å². The molecule has 0 aliphatic heterocycles. The Morgan fingerprint density at radius 3 is 1.14 bits per heavy atom. The normalized spacial score (nSPS) is 12.5. The van der Waals surface area contributed by atoms with Crippen LogP contribution >= 0.6 is 0 Å². The Hall–Kier alpha value is -0.610. The van der Waals surface area contributed by atoms with Crippen molar-refractivity contribution in [1.82, 2.24) is 0 Å². The molecule has 2 atom stereocenters. The van der Waals surface area contributed by atoms with Crippen LogP contribution in [0.5, 0.6) is 0 Å². The maximum atomic E-state index is 9.00. The predicted octanol–water partition coefficient (Wildman–Crippen LogP) is 1.65. The van der Waals surface area contributed by atoms with E-state index >= 15 is 0 Å². The first-order valence-electron chi connectivity index (χ1n) is 4.83. The molecule has 0 bridgehead atoms. The number of aliphatic hydroxyl groups is 2. The molecule has 0 spiro atoms. The molecule has 0 saturated carbocycles. The van der Waals surface area contributed by atoms with E-state index in [0.717, 1.165) is 19.8 Å². The number of carboxylic acids is 1. The van der Waals surface area contributed by atoms with E-state index in [0.29, 0.717) is 0 Å². The fourth-order valence-corrected chi connectivity index (χ4v) is 0. The summed E-state index contributed by atoms with van der Waals surface area (Å²) >= 11 is 0. The molecule has 88 valence electrons. The number of carboxylic acid groups (broad SMARTS) is 1. The summed E-state index contributed by atoms with van der Waals surface area (Å²) in [7, 11) is 0. The minimum Gasteiger partial charge on any atom is -0.481 e. The van der Waals surface area contributed by atoms with E-state index in [1.807, 2.05) is 13.8 Å². The Labute approximate surface area is 86.6 Å². The maximum absolute atomic E-state index is 9.00. The van der Waals surface area contributed by atoms with E-state index in [4.69, 9.17) is 20.1 Å². The van der Waals surface area contributed by atoms with Gasteiger partial charge in [-0.05, 0) is 26.7 Å². The van der Waals surface area contributed by atoms with Gasteiger partial charge >= 0.3 is 0 Å². The number of hydrogen-bond donors (Lipinski definition) is 3. The van der Waals surface area contributed by atoms with Crippen LogP contribution in [0.4, 0.5) is 0 Å². The topological polar surface area (TPSA) is 77.8 Å². The molecule has 14 heavy (non-hydrogen) atoms. The van der Waals surface area contributed by atoms with Gasteiger partial charge in [-0.1, -0.05) is 13.8 Å². The summed E-state index contributed by atoms with van der Waals surface area (Å²) in [6.45, 7) is 8.54. The number of aliphatic carboxylic acids is 1. The molecule has 0 heterocycles. The van der Waals surface area contributed by atoms with Crippen molar-refractivity contribution in [3.63, 3.8) is 0 Å². The largest absolute Gasteiger partial charge is 0.481 e. The van der Waals surface area contributed by atoms with Gasteiger partial charge in [-0.3, -0.25) is 4.79 Å². The van der Waals surface area contributed by atoms with E-state index in [9.17, 15) is 0 Å². The summed E-state index contributed by atoms with van der Waals surface area (Å²) in [6, 6.07) is 0. The van der Waals surface area contributed by atoms with Gasteiger partial charge in [-0.2, -0.15) is 0 Å². The molecule has 0 aliphatic carbocycles. The van der Waals surface area contributed by atoms with Crippen LogP contribution in [0, 0.1) is 0 Å². The summed E-state index contributed by atoms with van der Waals surface area (Å²) in [4.78, 5) is 9.00. The van der Waals surface area contributed by atoms with Gasteiger partial charge in [0.05, 0.1) is 12.2 Å². The maximum Gasteiger partial charge on any atom is 0.300 e. The summed E-state index contributed by atoms with van der Waals surface area (Å²) in [5.74, 6) is -0.833. The number of rotatable bonds is 2. The molecule has 0 aromatic carbocycles. The Morgan fingerprint density at radius 2 is 1.14 bits per heavy atom. The fourth-order valence-electron chi connectivity index (χ4n) is 0. The van der Waals surface area contributed by atoms with E-state index in [1.54, 1.807) is 13.8 Å². The zero-order valence-corrected chi connectivity index (χ0v) is 9.82. The second-order valence-electron chi connectivity index (χ2n) is 3.03. The smallest absolute Gasteiger partial charge is 0.300 e. The van der Waals surface area contributed by atoms with Crippen LogP contribution in [0.2, 0.25) is 0 Å². The van der Waals surface area contributed by atoms with Gasteiger partial charge < -0.3 is 15.3 Å². The van der Waals surface area contributed by atoms with Crippen molar-refractivity contribution in [2.24, 2.45) is 0 Å². The Balaban J connectivity index is -0.000000131. The quantitative estimate of drug-likeness (QED) is 0.644. The predicted molar refractivity (Wildman–Crippen MR) is 57.3 cm³/mol. The second-order valence-corrected chi connectivity index (χ2v) is 3.03. The van der Waals surface area contributed by atoms with Crippen LogP contribution in [-0.2, 0) is 4.79 Å². The number of carbonyl (C=O) groups is 1. The van der Waals surface area contributed by atoms with Gasteiger partial charge in [0, 0.05) is 6.92 Å². The van der Waals surface area contributed by atoms with Crippen LogP contribution in [0.25, 0.3) is 0 Å². The highest BCUT2D eigenvalue weighted by molar-refractivity contribution is 5.62. The van der Waals surface area contributed by atoms with E-state index in [1.165, 1.54) is 0 Å². The highest BCUT2D eigenvalue weighted by atomic mass is 16.4. The molecule has 0 fully saturated rings. The Morgan fingerprint density at radius 1 is 1.07 bits per heavy atom. The zero-order chi connectivity index (χ0) is 12.1. The Bertz CT molecular complexity index is 98.7. The molecule has 2 unspecified atom stereocenters. The van der Waals surface area contributed by atoms with Crippen molar-refractivity contribution < 1.29 is 20.1 Å². The molecular weight excluding hydrogens is 184 g/mol. The van der Waals surface area contributed by atoms with Crippen molar-refractivity contribution >= 4 is 5.97 Å². The van der Waals surface area contributed by atoms with Crippen LogP contribution in [-0.4, -0.2) is 33.5 Å². The average molecular weight is 208 g/mol. The van der Waals surface area contributed by atoms with Crippen LogP contribution < -0.4 is 0 Å². The second kappa shape index (κ2) is 14.9. The minimum atomic E-state index is -0.833. The van der Waals surface area contributed by atoms with Gasteiger partial charge in [-0.15, -0.1) is 0 Å². The highest BCUT2D eigenvalue weighted by Gasteiger charge is 1.82. The molecule has 0 aliphatic rings. The zero-order valence-electron chi connectivity index (χ0n) is 9.82. The third kappa shape index (κ3) is 107. The van der Waals surface area contributed by atoms with E-state index < -0.39 is 5.97 Å². The molecule has 0 radical (unpaired) electrons. The van der Waals surface area contributed by atoms with Crippen molar-refractivity contribution in [2.45, 2.75) is 59.7 Å². The van der Waals surface area contributed by atoms with Gasteiger partial charge in [0.2, 0.25) is 0 Å². The summed E-state index contributed by atoms with van der Waals surface area (Å²) in [5, 5.41) is 24.1. The standard InChI is InChI=1S/2C4H10O.C2H4O2/c2*1-3-4(2)5;1-2(3)4/h2*4-5H,3H2,1-2H3;1H3,(H,3,4). The van der Waals surface area contributed by atoms with Crippen LogP contribution in [0.1, 0.15) is 47.5 Å². The lowest BCUT2D eigenvalue weighted by molar-refractivity contribution is -0.134.